The lowest BCUT2D eigenvalue weighted by molar-refractivity contribution is 0.0693. The predicted octanol–water partition coefficient (Wildman–Crippen LogP) is 2.23. The molecule has 0 unspecified atom stereocenters. The van der Waals surface area contributed by atoms with Gasteiger partial charge in [-0.1, -0.05) is 30.3 Å². The molecule has 0 aliphatic rings. The van der Waals surface area contributed by atoms with Crippen LogP contribution in [0.5, 0.6) is 11.5 Å². The fourth-order valence-corrected chi connectivity index (χ4v) is 2.04. The zero-order chi connectivity index (χ0) is 16.4. The van der Waals surface area contributed by atoms with E-state index in [9.17, 15) is 24.6 Å². The maximum atomic E-state index is 12.4. The van der Waals surface area contributed by atoms with Crippen LogP contribution in [0.3, 0.4) is 0 Å². The molecule has 0 bridgehead atoms. The van der Waals surface area contributed by atoms with Gasteiger partial charge in [0.15, 0.2) is 5.78 Å². The van der Waals surface area contributed by atoms with Gasteiger partial charge in [0.25, 0.3) is 0 Å². The number of phenols is 2. The molecule has 0 fully saturated rings. The number of carboxylic acids is 1. The molecule has 6 nitrogen and oxygen atoms in total. The maximum Gasteiger partial charge on any atom is 0.339 e. The minimum absolute atomic E-state index is 0.144. The van der Waals surface area contributed by atoms with Gasteiger partial charge in [-0.25, -0.2) is 4.79 Å². The van der Waals surface area contributed by atoms with E-state index >= 15 is 0 Å². The highest BCUT2D eigenvalue weighted by Gasteiger charge is 2.27. The van der Waals surface area contributed by atoms with E-state index in [-0.39, 0.29) is 11.1 Å². The summed E-state index contributed by atoms with van der Waals surface area (Å²) in [5.74, 6) is -4.52. The number of hydrogen-bond donors (Lipinski definition) is 3. The molecule has 2 aromatic rings. The van der Waals surface area contributed by atoms with Crippen LogP contribution in [0.2, 0.25) is 0 Å². The van der Waals surface area contributed by atoms with Crippen molar-refractivity contribution in [3.05, 3.63) is 58.7 Å². The average Bonchev–Trinajstić information content (AvgIpc) is 2.47. The minimum Gasteiger partial charge on any atom is -0.506 e. The van der Waals surface area contributed by atoms with E-state index < -0.39 is 40.2 Å². The first kappa shape index (κ1) is 15.2. The van der Waals surface area contributed by atoms with E-state index in [0.717, 1.165) is 13.0 Å². The molecule has 22 heavy (non-hydrogen) atoms. The Balaban J connectivity index is 2.77. The number of carboxylic acid groups (broad SMARTS) is 1. The molecule has 0 saturated carbocycles. The van der Waals surface area contributed by atoms with E-state index in [1.54, 1.807) is 18.2 Å². The van der Waals surface area contributed by atoms with Gasteiger partial charge in [0.05, 0.1) is 5.56 Å². The van der Waals surface area contributed by atoms with Crippen molar-refractivity contribution in [3.63, 3.8) is 0 Å². The second kappa shape index (κ2) is 5.69. The molecule has 6 heteroatoms. The third-order valence-corrected chi connectivity index (χ3v) is 3.15. The number of carbonyl (C=O) groups excluding carboxylic acids is 2. The molecular formula is C16H12O6. The van der Waals surface area contributed by atoms with Crippen LogP contribution in [0.4, 0.5) is 0 Å². The summed E-state index contributed by atoms with van der Waals surface area (Å²) in [5.41, 5.74) is -1.42. The van der Waals surface area contributed by atoms with Crippen molar-refractivity contribution in [1.82, 2.24) is 0 Å². The largest absolute Gasteiger partial charge is 0.506 e. The molecule has 2 aromatic carbocycles. The molecular weight excluding hydrogens is 288 g/mol. The van der Waals surface area contributed by atoms with E-state index in [1.165, 1.54) is 12.1 Å². The summed E-state index contributed by atoms with van der Waals surface area (Å²) in [5, 5.41) is 29.2. The van der Waals surface area contributed by atoms with Crippen LogP contribution in [0.15, 0.2) is 36.4 Å². The highest BCUT2D eigenvalue weighted by molar-refractivity contribution is 6.16. The SMILES string of the molecule is CC(=O)c1cc(C(=O)O)c(O)c(C(=O)c2ccccc2)c1O. The Kier molecular flexibility index (Phi) is 3.94. The molecule has 0 aliphatic carbocycles. The van der Waals surface area contributed by atoms with Gasteiger partial charge in [0.1, 0.15) is 22.6 Å². The lowest BCUT2D eigenvalue weighted by atomic mass is 9.94. The number of Topliss-reactive ketones (excluding diaryl/α,β-unsaturated/α-hetero) is 1. The van der Waals surface area contributed by atoms with Gasteiger partial charge in [0.2, 0.25) is 5.78 Å². The predicted molar refractivity (Wildman–Crippen MR) is 76.6 cm³/mol. The van der Waals surface area contributed by atoms with Crippen molar-refractivity contribution in [2.45, 2.75) is 6.92 Å². The van der Waals surface area contributed by atoms with E-state index in [1.807, 2.05) is 0 Å². The number of hydrogen-bond acceptors (Lipinski definition) is 5. The van der Waals surface area contributed by atoms with E-state index in [2.05, 4.69) is 0 Å². The molecule has 0 heterocycles. The van der Waals surface area contributed by atoms with Crippen molar-refractivity contribution in [3.8, 4) is 11.5 Å². The number of aromatic hydroxyl groups is 2. The zero-order valence-corrected chi connectivity index (χ0v) is 11.5. The van der Waals surface area contributed by atoms with Crippen LogP contribution in [0.1, 0.15) is 43.6 Å². The van der Waals surface area contributed by atoms with Crippen molar-refractivity contribution in [2.75, 3.05) is 0 Å². The fraction of sp³-hybridized carbons (Fsp3) is 0.0625. The van der Waals surface area contributed by atoms with Gasteiger partial charge in [-0.05, 0) is 13.0 Å². The van der Waals surface area contributed by atoms with E-state index in [0.29, 0.717) is 0 Å². The van der Waals surface area contributed by atoms with Gasteiger partial charge in [0, 0.05) is 5.56 Å². The highest BCUT2D eigenvalue weighted by atomic mass is 16.4. The van der Waals surface area contributed by atoms with Crippen molar-refractivity contribution >= 4 is 17.5 Å². The first-order valence-electron chi connectivity index (χ1n) is 6.27. The number of phenolic OH excluding ortho intramolecular Hbond substituents is 1. The molecule has 0 amide bonds. The number of carbonyl (C=O) groups is 3. The number of rotatable bonds is 4. The third kappa shape index (κ3) is 2.54. The Bertz CT molecular complexity index is 739. The standard InChI is InChI=1S/C16H12O6/c1-8(17)10-7-11(16(21)22)15(20)12(14(10)19)13(18)9-5-3-2-4-6-9/h2-7,19-20H,1H3,(H,21,22). The summed E-state index contributed by atoms with van der Waals surface area (Å²) in [6.07, 6.45) is 0. The Morgan fingerprint density at radius 1 is 0.909 bits per heavy atom. The van der Waals surface area contributed by atoms with Crippen LogP contribution < -0.4 is 0 Å². The Morgan fingerprint density at radius 3 is 1.95 bits per heavy atom. The van der Waals surface area contributed by atoms with Gasteiger partial charge in [-0.3, -0.25) is 9.59 Å². The smallest absolute Gasteiger partial charge is 0.339 e. The average molecular weight is 300 g/mol. The molecule has 112 valence electrons. The Labute approximate surface area is 125 Å². The summed E-state index contributed by atoms with van der Waals surface area (Å²) in [4.78, 5) is 35.1. The molecule has 0 spiro atoms. The number of ketones is 2. The van der Waals surface area contributed by atoms with Gasteiger partial charge >= 0.3 is 5.97 Å². The van der Waals surface area contributed by atoms with E-state index in [4.69, 9.17) is 5.11 Å². The first-order valence-corrected chi connectivity index (χ1v) is 6.27. The van der Waals surface area contributed by atoms with Crippen LogP contribution in [-0.2, 0) is 0 Å². The maximum absolute atomic E-state index is 12.4. The molecule has 0 saturated heterocycles. The Hall–Kier alpha value is -3.15. The number of benzene rings is 2. The fourth-order valence-electron chi connectivity index (χ4n) is 2.04. The normalized spacial score (nSPS) is 10.2. The quantitative estimate of drug-likeness (QED) is 0.746. The summed E-state index contributed by atoms with van der Waals surface area (Å²) in [6, 6.07) is 8.56. The summed E-state index contributed by atoms with van der Waals surface area (Å²) >= 11 is 0. The third-order valence-electron chi connectivity index (χ3n) is 3.15. The van der Waals surface area contributed by atoms with Gasteiger partial charge < -0.3 is 15.3 Å². The summed E-state index contributed by atoms with van der Waals surface area (Å²) in [6.45, 7) is 1.12. The second-order valence-corrected chi connectivity index (χ2v) is 4.60. The monoisotopic (exact) mass is 300 g/mol. The van der Waals surface area contributed by atoms with Crippen LogP contribution in [0.25, 0.3) is 0 Å². The van der Waals surface area contributed by atoms with Crippen LogP contribution in [-0.4, -0.2) is 32.9 Å². The van der Waals surface area contributed by atoms with Crippen LogP contribution in [0, 0.1) is 0 Å². The van der Waals surface area contributed by atoms with Gasteiger partial charge in [-0.2, -0.15) is 0 Å². The molecule has 2 rings (SSSR count). The number of aromatic carboxylic acids is 1. The Morgan fingerprint density at radius 2 is 1.45 bits per heavy atom. The second-order valence-electron chi connectivity index (χ2n) is 4.60. The molecule has 0 atom stereocenters. The molecule has 3 N–H and O–H groups in total. The van der Waals surface area contributed by atoms with Crippen molar-refractivity contribution in [1.29, 1.82) is 0 Å². The minimum atomic E-state index is -1.51. The van der Waals surface area contributed by atoms with Crippen molar-refractivity contribution < 1.29 is 29.7 Å². The van der Waals surface area contributed by atoms with Gasteiger partial charge in [-0.15, -0.1) is 0 Å². The lowest BCUT2D eigenvalue weighted by Gasteiger charge is -2.12. The highest BCUT2D eigenvalue weighted by Crippen LogP contribution is 2.36. The summed E-state index contributed by atoms with van der Waals surface area (Å²) < 4.78 is 0. The van der Waals surface area contributed by atoms with Crippen molar-refractivity contribution in [2.24, 2.45) is 0 Å². The molecule has 0 radical (unpaired) electrons. The topological polar surface area (TPSA) is 112 Å². The molecule has 0 aliphatic heterocycles. The first-order chi connectivity index (χ1) is 10.3. The lowest BCUT2D eigenvalue weighted by Crippen LogP contribution is -2.09. The zero-order valence-electron chi connectivity index (χ0n) is 11.5. The summed E-state index contributed by atoms with van der Waals surface area (Å²) in [7, 11) is 0. The molecule has 0 aromatic heterocycles. The van der Waals surface area contributed by atoms with Crippen LogP contribution >= 0.6 is 0 Å².